The first-order valence-electron chi connectivity index (χ1n) is 9.13. The highest BCUT2D eigenvalue weighted by atomic mass is 16.5. The Kier molecular flexibility index (Phi) is 6.56. The highest BCUT2D eigenvalue weighted by Crippen LogP contribution is 2.20. The normalized spacial score (nSPS) is 14.6. The summed E-state index contributed by atoms with van der Waals surface area (Å²) in [5.74, 6) is 1.21. The molecule has 0 spiro atoms. The van der Waals surface area contributed by atoms with Crippen LogP contribution in [0.3, 0.4) is 0 Å². The van der Waals surface area contributed by atoms with Gasteiger partial charge >= 0.3 is 0 Å². The lowest BCUT2D eigenvalue weighted by Gasteiger charge is -2.26. The maximum Gasteiger partial charge on any atom is 0.224 e. The van der Waals surface area contributed by atoms with Gasteiger partial charge in [-0.1, -0.05) is 6.07 Å². The Hall–Kier alpha value is -2.71. The molecule has 0 aliphatic carbocycles. The minimum Gasteiger partial charge on any atom is -0.379 e. The molecule has 1 aliphatic rings. The average Bonchev–Trinajstić information content (AvgIpc) is 2.62. The van der Waals surface area contributed by atoms with E-state index >= 15 is 0 Å². The number of morpholine rings is 1. The van der Waals surface area contributed by atoms with Crippen molar-refractivity contribution < 1.29 is 9.53 Å². The molecule has 1 aromatic heterocycles. The SMILES string of the molecule is CC(=O)Nc1cccc(Nc2cc(C)nc(NCCN3CCOCC3)n2)c1. The van der Waals surface area contributed by atoms with E-state index in [1.54, 1.807) is 0 Å². The van der Waals surface area contributed by atoms with Gasteiger partial charge in [-0.2, -0.15) is 4.98 Å². The lowest BCUT2D eigenvalue weighted by molar-refractivity contribution is -0.114. The van der Waals surface area contributed by atoms with Crippen LogP contribution in [0.5, 0.6) is 0 Å². The van der Waals surface area contributed by atoms with Crippen molar-refractivity contribution in [1.29, 1.82) is 0 Å². The summed E-state index contributed by atoms with van der Waals surface area (Å²) in [7, 11) is 0. The first kappa shape index (κ1) is 19.1. The molecule has 3 N–H and O–H groups in total. The number of nitrogens with one attached hydrogen (secondary N) is 3. The monoisotopic (exact) mass is 370 g/mol. The summed E-state index contributed by atoms with van der Waals surface area (Å²) in [5, 5.41) is 9.34. The number of benzene rings is 1. The van der Waals surface area contributed by atoms with E-state index in [4.69, 9.17) is 4.74 Å². The Morgan fingerprint density at radius 1 is 1.19 bits per heavy atom. The molecule has 2 aromatic rings. The summed E-state index contributed by atoms with van der Waals surface area (Å²) in [6.45, 7) is 8.67. The number of anilines is 4. The third-order valence-corrected chi connectivity index (χ3v) is 4.12. The minimum atomic E-state index is -0.100. The second-order valence-electron chi connectivity index (χ2n) is 6.49. The van der Waals surface area contributed by atoms with E-state index in [1.807, 2.05) is 37.3 Å². The van der Waals surface area contributed by atoms with Crippen molar-refractivity contribution in [2.75, 3.05) is 55.3 Å². The molecule has 0 atom stereocenters. The topological polar surface area (TPSA) is 91.4 Å². The standard InChI is InChI=1S/C19H26N6O2/c1-14-12-18(23-17-5-3-4-16(13-17)22-15(2)26)24-19(21-14)20-6-7-25-8-10-27-11-9-25/h3-5,12-13H,6-11H2,1-2H3,(H,22,26)(H2,20,21,23,24). The maximum absolute atomic E-state index is 11.2. The van der Waals surface area contributed by atoms with Crippen molar-refractivity contribution in [2.45, 2.75) is 13.8 Å². The third-order valence-electron chi connectivity index (χ3n) is 4.12. The predicted octanol–water partition coefficient (Wildman–Crippen LogP) is 2.23. The largest absolute Gasteiger partial charge is 0.379 e. The number of aryl methyl sites for hydroxylation is 1. The molecule has 1 aliphatic heterocycles. The Labute approximate surface area is 159 Å². The molecular weight excluding hydrogens is 344 g/mol. The van der Waals surface area contributed by atoms with Crippen molar-refractivity contribution in [2.24, 2.45) is 0 Å². The number of amides is 1. The molecule has 0 unspecified atom stereocenters. The highest BCUT2D eigenvalue weighted by Gasteiger charge is 2.10. The molecular formula is C19H26N6O2. The van der Waals surface area contributed by atoms with Crippen LogP contribution in [0.2, 0.25) is 0 Å². The van der Waals surface area contributed by atoms with Gasteiger partial charge in [-0.3, -0.25) is 9.69 Å². The Morgan fingerprint density at radius 2 is 1.96 bits per heavy atom. The van der Waals surface area contributed by atoms with Gasteiger partial charge in [0.2, 0.25) is 11.9 Å². The van der Waals surface area contributed by atoms with E-state index in [9.17, 15) is 4.79 Å². The second-order valence-corrected chi connectivity index (χ2v) is 6.49. The lowest BCUT2D eigenvalue weighted by Crippen LogP contribution is -2.39. The number of nitrogens with zero attached hydrogens (tertiary/aromatic N) is 3. The van der Waals surface area contributed by atoms with Crippen LogP contribution >= 0.6 is 0 Å². The minimum absolute atomic E-state index is 0.100. The van der Waals surface area contributed by atoms with Crippen LogP contribution in [0.15, 0.2) is 30.3 Å². The number of hydrogen-bond donors (Lipinski definition) is 3. The molecule has 8 heteroatoms. The van der Waals surface area contributed by atoms with E-state index in [2.05, 4.69) is 30.8 Å². The molecule has 1 amide bonds. The van der Waals surface area contributed by atoms with E-state index in [1.165, 1.54) is 6.92 Å². The molecule has 3 rings (SSSR count). The molecule has 1 aromatic carbocycles. The number of aromatic nitrogens is 2. The summed E-state index contributed by atoms with van der Waals surface area (Å²) in [5.41, 5.74) is 2.46. The number of ether oxygens (including phenoxy) is 1. The molecule has 1 saturated heterocycles. The van der Waals surface area contributed by atoms with Crippen LogP contribution in [-0.4, -0.2) is 60.2 Å². The lowest BCUT2D eigenvalue weighted by atomic mass is 10.2. The van der Waals surface area contributed by atoms with Gasteiger partial charge in [-0.05, 0) is 25.1 Å². The van der Waals surface area contributed by atoms with Crippen LogP contribution in [0.1, 0.15) is 12.6 Å². The van der Waals surface area contributed by atoms with Crippen LogP contribution in [0.25, 0.3) is 0 Å². The van der Waals surface area contributed by atoms with Crippen LogP contribution in [-0.2, 0) is 9.53 Å². The Bertz CT molecular complexity index is 777. The van der Waals surface area contributed by atoms with Gasteiger partial charge in [-0.25, -0.2) is 4.98 Å². The zero-order chi connectivity index (χ0) is 19.1. The second kappa shape index (κ2) is 9.29. The molecule has 0 bridgehead atoms. The van der Waals surface area contributed by atoms with Crippen molar-refractivity contribution in [3.63, 3.8) is 0 Å². The number of hydrogen-bond acceptors (Lipinski definition) is 7. The molecule has 8 nitrogen and oxygen atoms in total. The molecule has 0 saturated carbocycles. The van der Waals surface area contributed by atoms with E-state index in [0.29, 0.717) is 11.8 Å². The van der Waals surface area contributed by atoms with E-state index < -0.39 is 0 Å². The van der Waals surface area contributed by atoms with Crippen LogP contribution in [0.4, 0.5) is 23.1 Å². The fourth-order valence-electron chi connectivity index (χ4n) is 2.89. The molecule has 1 fully saturated rings. The molecule has 27 heavy (non-hydrogen) atoms. The molecule has 2 heterocycles. The quantitative estimate of drug-likeness (QED) is 0.688. The fourth-order valence-corrected chi connectivity index (χ4v) is 2.89. The van der Waals surface area contributed by atoms with Gasteiger partial charge in [0.05, 0.1) is 13.2 Å². The van der Waals surface area contributed by atoms with Gasteiger partial charge in [0, 0.05) is 56.2 Å². The van der Waals surface area contributed by atoms with E-state index in [0.717, 1.165) is 56.5 Å². The third kappa shape index (κ3) is 6.19. The zero-order valence-electron chi connectivity index (χ0n) is 15.8. The van der Waals surface area contributed by atoms with Crippen LogP contribution in [0, 0.1) is 6.92 Å². The van der Waals surface area contributed by atoms with Crippen LogP contribution < -0.4 is 16.0 Å². The molecule has 144 valence electrons. The van der Waals surface area contributed by atoms with Gasteiger partial charge in [0.15, 0.2) is 0 Å². The van der Waals surface area contributed by atoms with E-state index in [-0.39, 0.29) is 5.91 Å². The van der Waals surface area contributed by atoms with Crippen molar-refractivity contribution >= 4 is 29.0 Å². The summed E-state index contributed by atoms with van der Waals surface area (Å²) >= 11 is 0. The Morgan fingerprint density at radius 3 is 2.74 bits per heavy atom. The summed E-state index contributed by atoms with van der Waals surface area (Å²) in [6.07, 6.45) is 0. The first-order chi connectivity index (χ1) is 13.1. The first-order valence-corrected chi connectivity index (χ1v) is 9.13. The van der Waals surface area contributed by atoms with Gasteiger partial charge < -0.3 is 20.7 Å². The summed E-state index contributed by atoms with van der Waals surface area (Å²) in [4.78, 5) is 22.6. The van der Waals surface area contributed by atoms with Gasteiger partial charge in [0.25, 0.3) is 0 Å². The Balaban J connectivity index is 1.60. The maximum atomic E-state index is 11.2. The van der Waals surface area contributed by atoms with Crippen molar-refractivity contribution in [3.8, 4) is 0 Å². The number of rotatable bonds is 7. The smallest absolute Gasteiger partial charge is 0.224 e. The number of carbonyl (C=O) groups excluding carboxylic acids is 1. The fraction of sp³-hybridized carbons (Fsp3) is 0.421. The van der Waals surface area contributed by atoms with Crippen molar-refractivity contribution in [1.82, 2.24) is 14.9 Å². The highest BCUT2D eigenvalue weighted by molar-refractivity contribution is 5.89. The van der Waals surface area contributed by atoms with Crippen molar-refractivity contribution in [3.05, 3.63) is 36.0 Å². The predicted molar refractivity (Wildman–Crippen MR) is 107 cm³/mol. The molecule has 0 radical (unpaired) electrons. The van der Waals surface area contributed by atoms with Gasteiger partial charge in [0.1, 0.15) is 5.82 Å². The average molecular weight is 370 g/mol. The van der Waals surface area contributed by atoms with Gasteiger partial charge in [-0.15, -0.1) is 0 Å². The summed E-state index contributed by atoms with van der Waals surface area (Å²) in [6, 6.07) is 9.40. The summed E-state index contributed by atoms with van der Waals surface area (Å²) < 4.78 is 5.36. The zero-order valence-corrected chi connectivity index (χ0v) is 15.8. The number of carbonyl (C=O) groups is 1.